The summed E-state index contributed by atoms with van der Waals surface area (Å²) < 4.78 is 5.54. The molecule has 3 rings (SSSR count). The Morgan fingerprint density at radius 1 is 1.45 bits per heavy atom. The molecule has 4 nitrogen and oxygen atoms in total. The van der Waals surface area contributed by atoms with Gasteiger partial charge in [0.15, 0.2) is 11.1 Å². The van der Waals surface area contributed by atoms with Crippen molar-refractivity contribution >= 4 is 23.5 Å². The highest BCUT2D eigenvalue weighted by molar-refractivity contribution is 6.18. The SMILES string of the molecule is CC([C@@]12NC(=O)[C@H](CCCl)[C@]1(C)OC2=O)[C@]1(C)C=CCCC1. The maximum absolute atomic E-state index is 12.5. The number of fused-ring (bicyclic) bond motifs is 1. The van der Waals surface area contributed by atoms with Crippen molar-refractivity contribution in [1.29, 1.82) is 0 Å². The van der Waals surface area contributed by atoms with E-state index in [1.54, 1.807) is 0 Å². The fraction of sp³-hybridized carbons (Fsp3) is 0.765. The van der Waals surface area contributed by atoms with Crippen LogP contribution in [0.3, 0.4) is 0 Å². The highest BCUT2D eigenvalue weighted by atomic mass is 35.5. The molecule has 122 valence electrons. The predicted octanol–water partition coefficient (Wildman–Crippen LogP) is 2.80. The fourth-order valence-corrected chi connectivity index (χ4v) is 4.90. The van der Waals surface area contributed by atoms with Gasteiger partial charge in [-0.2, -0.15) is 0 Å². The van der Waals surface area contributed by atoms with Gasteiger partial charge in [-0.05, 0) is 38.0 Å². The molecule has 1 amide bonds. The van der Waals surface area contributed by atoms with Crippen molar-refractivity contribution in [2.75, 3.05) is 5.88 Å². The number of esters is 1. The van der Waals surface area contributed by atoms with Gasteiger partial charge in [-0.3, -0.25) is 4.79 Å². The Labute approximate surface area is 136 Å². The predicted molar refractivity (Wildman–Crippen MR) is 84.5 cm³/mol. The lowest BCUT2D eigenvalue weighted by Gasteiger charge is -2.57. The Balaban J connectivity index is 2.00. The van der Waals surface area contributed by atoms with Gasteiger partial charge < -0.3 is 10.1 Å². The standard InChI is InChI=1S/C17H24ClNO3/c1-11(15(2)8-5-4-6-9-15)17-14(21)22-16(17,3)12(7-10-18)13(20)19-17/h5,8,11-12H,4,6-7,9-10H2,1-3H3,(H,19,20)/t11?,12-,15+,16-,17-/m0/s1. The highest BCUT2D eigenvalue weighted by Crippen LogP contribution is 2.58. The van der Waals surface area contributed by atoms with Crippen molar-refractivity contribution in [3.63, 3.8) is 0 Å². The molecule has 5 heteroatoms. The lowest BCUT2D eigenvalue weighted by atomic mass is 9.56. The average Bonchev–Trinajstić information content (AvgIpc) is 2.65. The number of allylic oxidation sites excluding steroid dienone is 2. The molecule has 0 bridgehead atoms. The summed E-state index contributed by atoms with van der Waals surface area (Å²) in [7, 11) is 0. The number of amides is 1. The number of halogens is 1. The summed E-state index contributed by atoms with van der Waals surface area (Å²) in [6.45, 7) is 6.13. The summed E-state index contributed by atoms with van der Waals surface area (Å²) in [6.07, 6.45) is 8.13. The Kier molecular flexibility index (Phi) is 3.59. The van der Waals surface area contributed by atoms with Gasteiger partial charge in [-0.15, -0.1) is 11.6 Å². The lowest BCUT2D eigenvalue weighted by Crippen LogP contribution is -2.78. The Morgan fingerprint density at radius 3 is 2.73 bits per heavy atom. The minimum Gasteiger partial charge on any atom is -0.453 e. The van der Waals surface area contributed by atoms with E-state index < -0.39 is 11.1 Å². The smallest absolute Gasteiger partial charge is 0.337 e. The van der Waals surface area contributed by atoms with Gasteiger partial charge in [-0.25, -0.2) is 4.79 Å². The van der Waals surface area contributed by atoms with Crippen molar-refractivity contribution < 1.29 is 14.3 Å². The summed E-state index contributed by atoms with van der Waals surface area (Å²) in [4.78, 5) is 24.9. The minimum atomic E-state index is -0.919. The van der Waals surface area contributed by atoms with E-state index in [0.717, 1.165) is 19.3 Å². The molecule has 0 saturated carbocycles. The topological polar surface area (TPSA) is 55.4 Å². The maximum Gasteiger partial charge on any atom is 0.337 e. The second-order valence-electron chi connectivity index (χ2n) is 7.35. The first-order chi connectivity index (χ1) is 10.3. The van der Waals surface area contributed by atoms with Crippen molar-refractivity contribution in [1.82, 2.24) is 5.32 Å². The van der Waals surface area contributed by atoms with Crippen molar-refractivity contribution in [3.8, 4) is 0 Å². The molecule has 0 aromatic rings. The first-order valence-electron chi connectivity index (χ1n) is 8.11. The van der Waals surface area contributed by atoms with Gasteiger partial charge in [0.05, 0.1) is 5.92 Å². The van der Waals surface area contributed by atoms with Gasteiger partial charge in [0.25, 0.3) is 0 Å². The van der Waals surface area contributed by atoms with E-state index in [-0.39, 0.29) is 29.1 Å². The van der Waals surface area contributed by atoms with E-state index in [2.05, 4.69) is 31.3 Å². The summed E-state index contributed by atoms with van der Waals surface area (Å²) in [5.74, 6) is -0.405. The lowest BCUT2D eigenvalue weighted by molar-refractivity contribution is -0.233. The fourth-order valence-electron chi connectivity index (χ4n) is 4.69. The molecule has 2 fully saturated rings. The third kappa shape index (κ3) is 1.76. The molecule has 22 heavy (non-hydrogen) atoms. The molecular formula is C17H24ClNO3. The Hall–Kier alpha value is -1.03. The van der Waals surface area contributed by atoms with E-state index in [1.165, 1.54) is 0 Å². The number of ether oxygens (including phenoxy) is 1. The number of hydrogen-bond donors (Lipinski definition) is 1. The van der Waals surface area contributed by atoms with Gasteiger partial charge >= 0.3 is 5.97 Å². The first-order valence-corrected chi connectivity index (χ1v) is 8.64. The minimum absolute atomic E-state index is 0.0212. The number of carbonyl (C=O) groups excluding carboxylic acids is 2. The molecule has 3 aliphatic rings. The molecule has 0 aromatic carbocycles. The summed E-state index contributed by atoms with van der Waals surface area (Å²) >= 11 is 5.85. The van der Waals surface area contributed by atoms with E-state index in [4.69, 9.17) is 16.3 Å². The van der Waals surface area contributed by atoms with Crippen LogP contribution in [0.25, 0.3) is 0 Å². The maximum atomic E-state index is 12.5. The monoisotopic (exact) mass is 325 g/mol. The molecule has 2 saturated heterocycles. The van der Waals surface area contributed by atoms with Crippen LogP contribution in [-0.2, 0) is 14.3 Å². The van der Waals surface area contributed by atoms with Crippen LogP contribution in [0.5, 0.6) is 0 Å². The van der Waals surface area contributed by atoms with E-state index in [1.807, 2.05) is 6.92 Å². The molecule has 5 atom stereocenters. The van der Waals surface area contributed by atoms with Crippen LogP contribution in [0.2, 0.25) is 0 Å². The molecular weight excluding hydrogens is 302 g/mol. The Morgan fingerprint density at radius 2 is 2.18 bits per heavy atom. The quantitative estimate of drug-likeness (QED) is 0.491. The zero-order valence-corrected chi connectivity index (χ0v) is 14.2. The summed E-state index contributed by atoms with van der Waals surface area (Å²) in [5, 5.41) is 3.01. The highest BCUT2D eigenvalue weighted by Gasteiger charge is 2.79. The van der Waals surface area contributed by atoms with E-state index >= 15 is 0 Å². The van der Waals surface area contributed by atoms with Gasteiger partial charge in [0.2, 0.25) is 5.91 Å². The molecule has 1 N–H and O–H groups in total. The van der Waals surface area contributed by atoms with Crippen molar-refractivity contribution in [2.24, 2.45) is 17.3 Å². The van der Waals surface area contributed by atoms with Crippen LogP contribution in [0.1, 0.15) is 46.5 Å². The van der Waals surface area contributed by atoms with Crippen LogP contribution in [0, 0.1) is 17.3 Å². The van der Waals surface area contributed by atoms with Crippen LogP contribution >= 0.6 is 11.6 Å². The zero-order valence-electron chi connectivity index (χ0n) is 13.4. The molecule has 0 aromatic heterocycles. The number of alkyl halides is 1. The number of rotatable bonds is 4. The van der Waals surface area contributed by atoms with Crippen LogP contribution < -0.4 is 5.32 Å². The molecule has 0 radical (unpaired) electrons. The number of hydrogen-bond acceptors (Lipinski definition) is 3. The number of carbonyl (C=O) groups is 2. The summed E-state index contributed by atoms with van der Waals surface area (Å²) in [6, 6.07) is 0. The van der Waals surface area contributed by atoms with Crippen molar-refractivity contribution in [2.45, 2.75) is 57.6 Å². The second-order valence-corrected chi connectivity index (χ2v) is 7.72. The summed E-state index contributed by atoms with van der Waals surface area (Å²) in [5.41, 5.74) is -1.82. The number of nitrogens with one attached hydrogen (secondary N) is 1. The first kappa shape index (κ1) is 15.9. The van der Waals surface area contributed by atoms with Crippen LogP contribution in [-0.4, -0.2) is 28.9 Å². The van der Waals surface area contributed by atoms with E-state index in [9.17, 15) is 9.59 Å². The van der Waals surface area contributed by atoms with Crippen LogP contribution in [0.4, 0.5) is 0 Å². The van der Waals surface area contributed by atoms with E-state index in [0.29, 0.717) is 12.3 Å². The molecule has 2 aliphatic heterocycles. The Bertz CT molecular complexity index is 548. The normalized spacial score (nSPS) is 44.8. The zero-order chi connectivity index (χ0) is 16.2. The molecule has 2 heterocycles. The third-order valence-corrected chi connectivity index (χ3v) is 6.55. The van der Waals surface area contributed by atoms with Gasteiger partial charge in [0, 0.05) is 11.8 Å². The van der Waals surface area contributed by atoms with Crippen molar-refractivity contribution in [3.05, 3.63) is 12.2 Å². The van der Waals surface area contributed by atoms with Crippen LogP contribution in [0.15, 0.2) is 12.2 Å². The molecule has 1 aliphatic carbocycles. The molecule has 1 unspecified atom stereocenters. The van der Waals surface area contributed by atoms with Gasteiger partial charge in [-0.1, -0.05) is 26.0 Å². The third-order valence-electron chi connectivity index (χ3n) is 6.33. The average molecular weight is 326 g/mol. The molecule has 0 spiro atoms. The van der Waals surface area contributed by atoms with Gasteiger partial charge in [0.1, 0.15) is 0 Å². The second kappa shape index (κ2) is 4.98. The largest absolute Gasteiger partial charge is 0.453 e.